The first-order valence-electron chi connectivity index (χ1n) is 5.67. The van der Waals surface area contributed by atoms with Crippen molar-refractivity contribution in [2.45, 2.75) is 11.8 Å². The number of halogens is 1. The molecule has 106 valence electrons. The molecule has 0 aliphatic carbocycles. The molecule has 1 aromatic carbocycles. The molecule has 7 heteroatoms. The van der Waals surface area contributed by atoms with E-state index < -0.39 is 4.92 Å². The second kappa shape index (κ2) is 7.96. The average molecular weight is 334 g/mol. The minimum Gasteiger partial charge on any atom is -0.493 e. The molecule has 0 fully saturated rings. The van der Waals surface area contributed by atoms with Crippen molar-refractivity contribution in [3.05, 3.63) is 27.8 Å². The molecule has 0 unspecified atom stereocenters. The maximum Gasteiger partial charge on any atom is 0.277 e. The number of nitro benzene ring substituents is 1. The predicted octanol–water partition coefficient (Wildman–Crippen LogP) is 2.91. The summed E-state index contributed by atoms with van der Waals surface area (Å²) >= 11 is 3.22. The highest BCUT2D eigenvalue weighted by Gasteiger charge is 2.18. The van der Waals surface area contributed by atoms with E-state index in [9.17, 15) is 10.1 Å². The van der Waals surface area contributed by atoms with Gasteiger partial charge in [-0.3, -0.25) is 10.1 Å². The molecule has 1 aromatic rings. The van der Waals surface area contributed by atoms with E-state index in [-0.39, 0.29) is 5.69 Å². The molecule has 19 heavy (non-hydrogen) atoms. The summed E-state index contributed by atoms with van der Waals surface area (Å²) in [5.74, 6) is 0.854. The molecule has 0 radical (unpaired) electrons. The topological polar surface area (TPSA) is 70.8 Å². The van der Waals surface area contributed by atoms with E-state index in [0.717, 1.165) is 0 Å². The fraction of sp³-hybridized carbons (Fsp3) is 0.500. The summed E-state index contributed by atoms with van der Waals surface area (Å²) in [4.78, 5) is 10.5. The molecule has 6 nitrogen and oxygen atoms in total. The zero-order chi connectivity index (χ0) is 14.3. The van der Waals surface area contributed by atoms with Gasteiger partial charge in [-0.1, -0.05) is 15.9 Å². The predicted molar refractivity (Wildman–Crippen MR) is 74.3 cm³/mol. The molecule has 0 atom stereocenters. The summed E-state index contributed by atoms with van der Waals surface area (Å²) in [5, 5.41) is 11.4. The first-order valence-corrected chi connectivity index (χ1v) is 6.79. The van der Waals surface area contributed by atoms with Gasteiger partial charge in [-0.05, 0) is 6.07 Å². The lowest BCUT2D eigenvalue weighted by Gasteiger charge is -2.12. The number of rotatable bonds is 8. The third kappa shape index (κ3) is 4.36. The van der Waals surface area contributed by atoms with Crippen molar-refractivity contribution < 1.29 is 19.1 Å². The normalized spacial score (nSPS) is 10.3. The zero-order valence-electron chi connectivity index (χ0n) is 10.8. The number of ether oxygens (including phenoxy) is 3. The molecule has 1 rings (SSSR count). The number of benzene rings is 1. The zero-order valence-corrected chi connectivity index (χ0v) is 12.4. The lowest BCUT2D eigenvalue weighted by atomic mass is 10.2. The van der Waals surface area contributed by atoms with Gasteiger partial charge in [-0.2, -0.15) is 0 Å². The Labute approximate surface area is 119 Å². The summed E-state index contributed by atoms with van der Waals surface area (Å²) in [7, 11) is 3.11. The Bertz CT molecular complexity index is 438. The number of methoxy groups -OCH3 is 2. The summed E-state index contributed by atoms with van der Waals surface area (Å²) in [6.07, 6.45) is 0.702. The lowest BCUT2D eigenvalue weighted by Crippen LogP contribution is -2.04. The van der Waals surface area contributed by atoms with Gasteiger partial charge < -0.3 is 14.2 Å². The van der Waals surface area contributed by atoms with Crippen LogP contribution in [0.1, 0.15) is 12.0 Å². The van der Waals surface area contributed by atoms with Gasteiger partial charge in [0.15, 0.2) is 11.5 Å². The van der Waals surface area contributed by atoms with Gasteiger partial charge in [0.2, 0.25) is 0 Å². The summed E-state index contributed by atoms with van der Waals surface area (Å²) in [6, 6.07) is 3.00. The fourth-order valence-corrected chi connectivity index (χ4v) is 1.98. The second-order valence-electron chi connectivity index (χ2n) is 3.72. The largest absolute Gasteiger partial charge is 0.493 e. The van der Waals surface area contributed by atoms with Gasteiger partial charge in [-0.25, -0.2) is 0 Å². The van der Waals surface area contributed by atoms with Gasteiger partial charge in [0.05, 0.1) is 24.7 Å². The minimum atomic E-state index is -0.432. The molecule has 0 amide bonds. The monoisotopic (exact) mass is 333 g/mol. The number of nitro groups is 1. The molecule has 0 aromatic heterocycles. The maximum atomic E-state index is 11.0. The van der Waals surface area contributed by atoms with E-state index in [1.54, 1.807) is 13.2 Å². The van der Waals surface area contributed by atoms with E-state index in [2.05, 4.69) is 15.9 Å². The van der Waals surface area contributed by atoms with Crippen LogP contribution in [-0.2, 0) is 10.1 Å². The van der Waals surface area contributed by atoms with Gasteiger partial charge in [0, 0.05) is 31.0 Å². The highest BCUT2D eigenvalue weighted by molar-refractivity contribution is 9.08. The smallest absolute Gasteiger partial charge is 0.277 e. The summed E-state index contributed by atoms with van der Waals surface area (Å²) in [6.45, 7) is 0.985. The van der Waals surface area contributed by atoms with E-state index in [1.807, 2.05) is 0 Å². The van der Waals surface area contributed by atoms with Gasteiger partial charge in [-0.15, -0.1) is 0 Å². The fourth-order valence-electron chi connectivity index (χ4n) is 1.53. The maximum absolute atomic E-state index is 11.0. The van der Waals surface area contributed by atoms with Crippen molar-refractivity contribution in [3.63, 3.8) is 0 Å². The van der Waals surface area contributed by atoms with E-state index in [4.69, 9.17) is 14.2 Å². The summed E-state index contributed by atoms with van der Waals surface area (Å²) in [5.41, 5.74) is 0.561. The quantitative estimate of drug-likeness (QED) is 0.316. The molecule has 0 saturated heterocycles. The Hall–Kier alpha value is -1.34. The molecule has 0 heterocycles. The SMILES string of the molecule is COCCCOc1cc([N+](=O)[O-])c(CBr)cc1OC. The van der Waals surface area contributed by atoms with Crippen LogP contribution >= 0.6 is 15.9 Å². The van der Waals surface area contributed by atoms with E-state index in [1.165, 1.54) is 13.2 Å². The highest BCUT2D eigenvalue weighted by Crippen LogP contribution is 2.35. The van der Waals surface area contributed by atoms with Crippen molar-refractivity contribution >= 4 is 21.6 Å². The molecular formula is C12H16BrNO5. The number of nitrogens with zero attached hydrogens (tertiary/aromatic N) is 1. The van der Waals surface area contributed by atoms with Crippen molar-refractivity contribution in [2.24, 2.45) is 0 Å². The Morgan fingerprint density at radius 3 is 2.53 bits per heavy atom. The van der Waals surface area contributed by atoms with Crippen LogP contribution in [0.15, 0.2) is 12.1 Å². The van der Waals surface area contributed by atoms with Crippen molar-refractivity contribution in [1.82, 2.24) is 0 Å². The third-order valence-corrected chi connectivity index (χ3v) is 3.06. The van der Waals surface area contributed by atoms with E-state index in [0.29, 0.717) is 42.0 Å². The van der Waals surface area contributed by atoms with Crippen LogP contribution in [0.2, 0.25) is 0 Å². The Kier molecular flexibility index (Phi) is 6.58. The first kappa shape index (κ1) is 15.7. The average Bonchev–Trinajstić information content (AvgIpc) is 2.42. The molecule has 0 aliphatic heterocycles. The molecular weight excluding hydrogens is 318 g/mol. The Morgan fingerprint density at radius 2 is 2.00 bits per heavy atom. The number of alkyl halides is 1. The van der Waals surface area contributed by atoms with Crippen molar-refractivity contribution in [2.75, 3.05) is 27.4 Å². The van der Waals surface area contributed by atoms with Gasteiger partial charge >= 0.3 is 0 Å². The molecule has 0 bridgehead atoms. The lowest BCUT2D eigenvalue weighted by molar-refractivity contribution is -0.385. The summed E-state index contributed by atoms with van der Waals surface area (Å²) < 4.78 is 15.6. The highest BCUT2D eigenvalue weighted by atomic mass is 79.9. The van der Waals surface area contributed by atoms with E-state index >= 15 is 0 Å². The van der Waals surface area contributed by atoms with Crippen LogP contribution in [0.5, 0.6) is 11.5 Å². The van der Waals surface area contributed by atoms with Crippen LogP contribution in [0.3, 0.4) is 0 Å². The molecule has 0 N–H and O–H groups in total. The number of hydrogen-bond acceptors (Lipinski definition) is 5. The van der Waals surface area contributed by atoms with Crippen molar-refractivity contribution in [1.29, 1.82) is 0 Å². The van der Waals surface area contributed by atoms with Crippen LogP contribution in [0.4, 0.5) is 5.69 Å². The van der Waals surface area contributed by atoms with Gasteiger partial charge in [0.25, 0.3) is 5.69 Å². The van der Waals surface area contributed by atoms with Crippen LogP contribution in [0, 0.1) is 10.1 Å². The standard InChI is InChI=1S/C12H16BrNO5/c1-17-4-3-5-19-12-7-10(14(15)16)9(8-13)6-11(12)18-2/h6-7H,3-5,8H2,1-2H3. The Balaban J connectivity index is 2.94. The van der Waals surface area contributed by atoms with Gasteiger partial charge in [0.1, 0.15) is 0 Å². The van der Waals surface area contributed by atoms with Crippen molar-refractivity contribution in [3.8, 4) is 11.5 Å². The van der Waals surface area contributed by atoms with Crippen LogP contribution < -0.4 is 9.47 Å². The molecule has 0 saturated carbocycles. The molecule has 0 spiro atoms. The third-order valence-electron chi connectivity index (χ3n) is 2.46. The van der Waals surface area contributed by atoms with Crippen LogP contribution in [0.25, 0.3) is 0 Å². The van der Waals surface area contributed by atoms with Crippen LogP contribution in [-0.4, -0.2) is 32.4 Å². The Morgan fingerprint density at radius 1 is 1.26 bits per heavy atom. The second-order valence-corrected chi connectivity index (χ2v) is 4.28. The number of hydrogen-bond donors (Lipinski definition) is 0. The first-order chi connectivity index (χ1) is 9.13. The minimum absolute atomic E-state index is 0.0133. The molecule has 0 aliphatic rings.